The molecule has 2 rings (SSSR count). The number of anilines is 1. The average Bonchev–Trinajstić information content (AvgIpc) is 2.88. The number of hydrogen-bond donors (Lipinski definition) is 2. The lowest BCUT2D eigenvalue weighted by Crippen LogP contribution is -2.05. The molecule has 0 saturated carbocycles. The molecule has 2 aromatic rings. The summed E-state index contributed by atoms with van der Waals surface area (Å²) < 4.78 is 10.2. The Morgan fingerprint density at radius 2 is 2.24 bits per heavy atom. The third kappa shape index (κ3) is 3.00. The summed E-state index contributed by atoms with van der Waals surface area (Å²) in [5, 5.41) is 14.2. The number of nitrogens with one attached hydrogen (secondary N) is 1. The molecule has 0 saturated heterocycles. The van der Waals surface area contributed by atoms with Crippen molar-refractivity contribution in [3.8, 4) is 0 Å². The third-order valence-electron chi connectivity index (χ3n) is 2.01. The van der Waals surface area contributed by atoms with E-state index in [-0.39, 0.29) is 6.04 Å². The van der Waals surface area contributed by atoms with Crippen LogP contribution in [0.5, 0.6) is 0 Å². The quantitative estimate of drug-likeness (QED) is 0.770. The highest BCUT2D eigenvalue weighted by molar-refractivity contribution is 5.17. The van der Waals surface area contributed by atoms with Gasteiger partial charge in [-0.25, -0.2) is 0 Å². The minimum absolute atomic E-state index is 0.267. The summed E-state index contributed by atoms with van der Waals surface area (Å²) in [4.78, 5) is 4.07. The van der Waals surface area contributed by atoms with E-state index in [0.717, 1.165) is 0 Å². The fourth-order valence-electron chi connectivity index (χ4n) is 1.21. The lowest BCUT2D eigenvalue weighted by atomic mass is 10.4. The molecule has 0 spiro atoms. The summed E-state index contributed by atoms with van der Waals surface area (Å²) in [5.74, 6) is 1.60. The summed E-state index contributed by atoms with van der Waals surface area (Å²) in [6.45, 7) is 4.12. The molecule has 0 aromatic carbocycles. The topological polar surface area (TPSA) is 116 Å². The molecule has 0 radical (unpaired) electrons. The van der Waals surface area contributed by atoms with E-state index in [1.54, 1.807) is 13.8 Å². The van der Waals surface area contributed by atoms with Crippen LogP contribution in [0.1, 0.15) is 30.6 Å². The predicted molar refractivity (Wildman–Crippen MR) is 58.1 cm³/mol. The molecule has 3 N–H and O–H groups in total. The van der Waals surface area contributed by atoms with Crippen LogP contribution in [0.15, 0.2) is 8.94 Å². The summed E-state index contributed by atoms with van der Waals surface area (Å²) in [6, 6.07) is 0.0742. The fraction of sp³-hybridized carbons (Fsp3) is 0.556. The van der Waals surface area contributed by atoms with E-state index in [0.29, 0.717) is 36.6 Å². The Balaban J connectivity index is 1.81. The van der Waals surface area contributed by atoms with Crippen molar-refractivity contribution >= 4 is 6.01 Å². The molecule has 0 aliphatic rings. The first-order chi connectivity index (χ1) is 8.15. The summed E-state index contributed by atoms with van der Waals surface area (Å²) >= 11 is 0. The second kappa shape index (κ2) is 4.91. The normalized spacial score (nSPS) is 12.6. The van der Waals surface area contributed by atoms with Gasteiger partial charge in [-0.1, -0.05) is 10.3 Å². The number of nitrogens with two attached hydrogens (primary N) is 1. The minimum atomic E-state index is -0.267. The third-order valence-corrected chi connectivity index (χ3v) is 2.01. The number of hydrogen-bond acceptors (Lipinski definition) is 8. The van der Waals surface area contributed by atoms with Gasteiger partial charge in [-0.05, 0) is 13.8 Å². The molecule has 1 atom stereocenters. The van der Waals surface area contributed by atoms with Gasteiger partial charge in [-0.15, -0.1) is 5.10 Å². The van der Waals surface area contributed by atoms with Crippen LogP contribution in [0.2, 0.25) is 0 Å². The molecule has 0 aliphatic heterocycles. The van der Waals surface area contributed by atoms with E-state index >= 15 is 0 Å². The van der Waals surface area contributed by atoms with Gasteiger partial charge in [0.2, 0.25) is 11.8 Å². The monoisotopic (exact) mass is 238 g/mol. The van der Waals surface area contributed by atoms with Crippen molar-refractivity contribution in [1.29, 1.82) is 0 Å². The first-order valence-electron chi connectivity index (χ1n) is 5.27. The molecule has 0 fully saturated rings. The maximum absolute atomic E-state index is 5.59. The Kier molecular flexibility index (Phi) is 3.33. The molecular formula is C9H14N6O2. The van der Waals surface area contributed by atoms with E-state index in [2.05, 4.69) is 25.7 Å². The van der Waals surface area contributed by atoms with Crippen LogP contribution in [-0.2, 0) is 6.42 Å². The van der Waals surface area contributed by atoms with Crippen LogP contribution in [0, 0.1) is 6.92 Å². The van der Waals surface area contributed by atoms with E-state index in [4.69, 9.17) is 14.7 Å². The minimum Gasteiger partial charge on any atom is -0.406 e. The molecule has 8 heteroatoms. The van der Waals surface area contributed by atoms with Crippen molar-refractivity contribution in [3.05, 3.63) is 17.6 Å². The van der Waals surface area contributed by atoms with Crippen LogP contribution in [0.25, 0.3) is 0 Å². The summed E-state index contributed by atoms with van der Waals surface area (Å²) in [6.07, 6.45) is 0.594. The van der Waals surface area contributed by atoms with Gasteiger partial charge in [0.05, 0.1) is 6.04 Å². The second-order valence-corrected chi connectivity index (χ2v) is 3.65. The average molecular weight is 238 g/mol. The maximum Gasteiger partial charge on any atom is 0.315 e. The van der Waals surface area contributed by atoms with Crippen molar-refractivity contribution in [2.24, 2.45) is 5.73 Å². The second-order valence-electron chi connectivity index (χ2n) is 3.65. The highest BCUT2D eigenvalue weighted by Gasteiger charge is 2.09. The molecule has 2 aromatic heterocycles. The zero-order valence-corrected chi connectivity index (χ0v) is 9.67. The van der Waals surface area contributed by atoms with Gasteiger partial charge in [0.25, 0.3) is 0 Å². The fourth-order valence-corrected chi connectivity index (χ4v) is 1.21. The summed E-state index contributed by atoms with van der Waals surface area (Å²) in [5.41, 5.74) is 5.59. The van der Waals surface area contributed by atoms with E-state index in [9.17, 15) is 0 Å². The number of nitrogens with zero attached hydrogens (tertiary/aromatic N) is 4. The number of aromatic nitrogens is 4. The van der Waals surface area contributed by atoms with E-state index in [1.165, 1.54) is 0 Å². The SMILES string of the molecule is Cc1noc(CCNc2nnc(C(C)N)o2)n1. The van der Waals surface area contributed by atoms with Gasteiger partial charge in [0, 0.05) is 13.0 Å². The Morgan fingerprint density at radius 3 is 2.82 bits per heavy atom. The van der Waals surface area contributed by atoms with Crippen LogP contribution in [0.3, 0.4) is 0 Å². The molecule has 17 heavy (non-hydrogen) atoms. The molecule has 8 nitrogen and oxygen atoms in total. The zero-order valence-electron chi connectivity index (χ0n) is 9.67. The number of rotatable bonds is 5. The van der Waals surface area contributed by atoms with Crippen molar-refractivity contribution in [3.63, 3.8) is 0 Å². The molecular weight excluding hydrogens is 224 g/mol. The first-order valence-corrected chi connectivity index (χ1v) is 5.27. The van der Waals surface area contributed by atoms with Crippen LogP contribution in [0.4, 0.5) is 6.01 Å². The molecule has 0 bridgehead atoms. The van der Waals surface area contributed by atoms with Crippen LogP contribution in [-0.4, -0.2) is 26.9 Å². The van der Waals surface area contributed by atoms with Gasteiger partial charge in [0.15, 0.2) is 5.82 Å². The van der Waals surface area contributed by atoms with Crippen molar-refractivity contribution < 1.29 is 8.94 Å². The maximum atomic E-state index is 5.59. The van der Waals surface area contributed by atoms with Gasteiger partial charge in [0.1, 0.15) is 0 Å². The Hall–Kier alpha value is -1.96. The molecule has 2 heterocycles. The largest absolute Gasteiger partial charge is 0.406 e. The standard InChI is InChI=1S/C9H14N6O2/c1-5(10)8-13-14-9(16-8)11-4-3-7-12-6(2)15-17-7/h5H,3-4,10H2,1-2H3,(H,11,14). The smallest absolute Gasteiger partial charge is 0.315 e. The molecule has 0 amide bonds. The van der Waals surface area contributed by atoms with Gasteiger partial charge < -0.3 is 20.0 Å². The Morgan fingerprint density at radius 1 is 1.41 bits per heavy atom. The van der Waals surface area contributed by atoms with Crippen LogP contribution >= 0.6 is 0 Å². The van der Waals surface area contributed by atoms with E-state index in [1.807, 2.05) is 0 Å². The lowest BCUT2D eigenvalue weighted by Gasteiger charge is -1.98. The van der Waals surface area contributed by atoms with Gasteiger partial charge in [-0.3, -0.25) is 0 Å². The highest BCUT2D eigenvalue weighted by atomic mass is 16.5. The molecule has 1 unspecified atom stereocenters. The lowest BCUT2D eigenvalue weighted by molar-refractivity contribution is 0.376. The number of aryl methyl sites for hydroxylation is 1. The first kappa shape index (κ1) is 11.5. The van der Waals surface area contributed by atoms with Gasteiger partial charge >= 0.3 is 6.01 Å². The Labute approximate surface area is 97.6 Å². The van der Waals surface area contributed by atoms with E-state index < -0.39 is 0 Å². The zero-order chi connectivity index (χ0) is 12.3. The van der Waals surface area contributed by atoms with Crippen molar-refractivity contribution in [2.45, 2.75) is 26.3 Å². The van der Waals surface area contributed by atoms with Crippen molar-refractivity contribution in [1.82, 2.24) is 20.3 Å². The van der Waals surface area contributed by atoms with Gasteiger partial charge in [-0.2, -0.15) is 4.98 Å². The predicted octanol–water partition coefficient (Wildman–Crippen LogP) is 0.435. The molecule has 0 aliphatic carbocycles. The van der Waals surface area contributed by atoms with Crippen LogP contribution < -0.4 is 11.1 Å². The molecule has 92 valence electrons. The highest BCUT2D eigenvalue weighted by Crippen LogP contribution is 2.10. The Bertz CT molecular complexity index is 477. The summed E-state index contributed by atoms with van der Waals surface area (Å²) in [7, 11) is 0. The van der Waals surface area contributed by atoms with Crippen molar-refractivity contribution in [2.75, 3.05) is 11.9 Å².